The standard InChI is InChI=1S/C17H15I/c1-2-15(16-10-12-17(18)13-11-16)9-8-14-6-4-3-5-7-14/h2-13,15H,1H2/b9-8+. The lowest BCUT2D eigenvalue weighted by atomic mass is 9.98. The van der Waals surface area contributed by atoms with Gasteiger partial charge < -0.3 is 0 Å². The van der Waals surface area contributed by atoms with E-state index < -0.39 is 0 Å². The van der Waals surface area contributed by atoms with Crippen molar-refractivity contribution in [3.63, 3.8) is 0 Å². The van der Waals surface area contributed by atoms with Crippen LogP contribution >= 0.6 is 22.6 Å². The molecule has 0 bridgehead atoms. The van der Waals surface area contributed by atoms with Crippen molar-refractivity contribution in [1.82, 2.24) is 0 Å². The van der Waals surface area contributed by atoms with Gasteiger partial charge in [-0.15, -0.1) is 6.58 Å². The first-order valence-electron chi connectivity index (χ1n) is 5.91. The molecule has 0 nitrogen and oxygen atoms in total. The van der Waals surface area contributed by atoms with E-state index in [0.717, 1.165) is 0 Å². The van der Waals surface area contributed by atoms with E-state index in [0.29, 0.717) is 0 Å². The summed E-state index contributed by atoms with van der Waals surface area (Å²) in [6.07, 6.45) is 6.30. The maximum absolute atomic E-state index is 3.92. The molecule has 18 heavy (non-hydrogen) atoms. The quantitative estimate of drug-likeness (QED) is 0.522. The Kier molecular flexibility index (Phi) is 4.76. The molecule has 2 aromatic rings. The zero-order chi connectivity index (χ0) is 12.8. The lowest BCUT2D eigenvalue weighted by molar-refractivity contribution is 1.09. The molecule has 0 saturated carbocycles. The van der Waals surface area contributed by atoms with E-state index in [-0.39, 0.29) is 5.92 Å². The van der Waals surface area contributed by atoms with Crippen molar-refractivity contribution in [2.45, 2.75) is 5.92 Å². The smallest absolute Gasteiger partial charge is 0.0199 e. The molecule has 2 aromatic carbocycles. The van der Waals surface area contributed by atoms with E-state index >= 15 is 0 Å². The van der Waals surface area contributed by atoms with Gasteiger partial charge in [0.05, 0.1) is 0 Å². The van der Waals surface area contributed by atoms with Crippen molar-refractivity contribution in [3.05, 3.63) is 88.0 Å². The van der Waals surface area contributed by atoms with Crippen molar-refractivity contribution < 1.29 is 0 Å². The molecule has 0 spiro atoms. The molecule has 0 amide bonds. The Morgan fingerprint density at radius 2 is 1.61 bits per heavy atom. The Morgan fingerprint density at radius 1 is 0.944 bits per heavy atom. The first-order chi connectivity index (χ1) is 8.79. The normalized spacial score (nSPS) is 12.5. The molecular formula is C17H15I. The van der Waals surface area contributed by atoms with Gasteiger partial charge >= 0.3 is 0 Å². The number of hydrogen-bond acceptors (Lipinski definition) is 0. The minimum atomic E-state index is 0.266. The minimum absolute atomic E-state index is 0.266. The van der Waals surface area contributed by atoms with Crippen molar-refractivity contribution in [3.8, 4) is 0 Å². The number of hydrogen-bond donors (Lipinski definition) is 0. The van der Waals surface area contributed by atoms with Gasteiger partial charge in [0.15, 0.2) is 0 Å². The molecule has 2 rings (SSSR count). The number of halogens is 1. The molecule has 0 aliphatic rings. The van der Waals surface area contributed by atoms with E-state index in [9.17, 15) is 0 Å². The molecule has 0 saturated heterocycles. The predicted octanol–water partition coefficient (Wildman–Crippen LogP) is 5.27. The van der Waals surface area contributed by atoms with Crippen LogP contribution < -0.4 is 0 Å². The molecule has 0 fully saturated rings. The van der Waals surface area contributed by atoms with Crippen LogP contribution in [0, 0.1) is 3.57 Å². The molecule has 0 aromatic heterocycles. The fourth-order valence-corrected chi connectivity index (χ4v) is 2.15. The highest BCUT2D eigenvalue weighted by atomic mass is 127. The molecule has 0 aliphatic carbocycles. The van der Waals surface area contributed by atoms with Crippen LogP contribution in [0.1, 0.15) is 17.0 Å². The minimum Gasteiger partial charge on any atom is -0.102 e. The zero-order valence-corrected chi connectivity index (χ0v) is 12.2. The van der Waals surface area contributed by atoms with Crippen LogP contribution in [0.3, 0.4) is 0 Å². The van der Waals surface area contributed by atoms with Crippen LogP contribution in [0.15, 0.2) is 73.3 Å². The fourth-order valence-electron chi connectivity index (χ4n) is 1.79. The van der Waals surface area contributed by atoms with E-state index in [1.54, 1.807) is 0 Å². The maximum atomic E-state index is 3.92. The monoisotopic (exact) mass is 346 g/mol. The number of benzene rings is 2. The second kappa shape index (κ2) is 6.55. The van der Waals surface area contributed by atoms with Crippen LogP contribution in [-0.2, 0) is 0 Å². The Labute approximate surface area is 122 Å². The van der Waals surface area contributed by atoms with Gasteiger partial charge in [0.1, 0.15) is 0 Å². The Bertz CT molecular complexity index is 523. The van der Waals surface area contributed by atoms with Crippen molar-refractivity contribution in [2.24, 2.45) is 0 Å². The van der Waals surface area contributed by atoms with Gasteiger partial charge in [0.25, 0.3) is 0 Å². The molecule has 90 valence electrons. The highest BCUT2D eigenvalue weighted by Gasteiger charge is 2.02. The highest BCUT2D eigenvalue weighted by molar-refractivity contribution is 14.1. The van der Waals surface area contributed by atoms with Crippen LogP contribution in [0.25, 0.3) is 6.08 Å². The number of allylic oxidation sites excluding steroid dienone is 2. The second-order valence-electron chi connectivity index (χ2n) is 4.08. The molecule has 0 aliphatic heterocycles. The summed E-state index contributed by atoms with van der Waals surface area (Å²) >= 11 is 2.32. The zero-order valence-electron chi connectivity index (χ0n) is 10.1. The Hall–Kier alpha value is -1.35. The van der Waals surface area contributed by atoms with Gasteiger partial charge in [-0.2, -0.15) is 0 Å². The summed E-state index contributed by atoms with van der Waals surface area (Å²) in [5.74, 6) is 0.266. The SMILES string of the molecule is C=CC(/C=C/c1ccccc1)c1ccc(I)cc1. The molecule has 1 heteroatoms. The molecular weight excluding hydrogens is 331 g/mol. The molecule has 1 unspecified atom stereocenters. The van der Waals surface area contributed by atoms with E-state index in [1.165, 1.54) is 14.7 Å². The summed E-state index contributed by atoms with van der Waals surface area (Å²) in [7, 11) is 0. The average Bonchev–Trinajstić information content (AvgIpc) is 2.42. The van der Waals surface area contributed by atoms with Crippen LogP contribution in [0.4, 0.5) is 0 Å². The van der Waals surface area contributed by atoms with Gasteiger partial charge in [-0.3, -0.25) is 0 Å². The Morgan fingerprint density at radius 3 is 2.22 bits per heavy atom. The summed E-state index contributed by atoms with van der Waals surface area (Å²) in [6, 6.07) is 18.9. The van der Waals surface area contributed by atoms with Crippen molar-refractivity contribution in [1.29, 1.82) is 0 Å². The third kappa shape index (κ3) is 3.57. The van der Waals surface area contributed by atoms with Crippen LogP contribution in [0.2, 0.25) is 0 Å². The van der Waals surface area contributed by atoms with E-state index in [2.05, 4.69) is 77.7 Å². The first kappa shape index (κ1) is 13.1. The van der Waals surface area contributed by atoms with Crippen molar-refractivity contribution in [2.75, 3.05) is 0 Å². The van der Waals surface area contributed by atoms with Gasteiger partial charge in [-0.1, -0.05) is 60.7 Å². The fraction of sp³-hybridized carbons (Fsp3) is 0.0588. The third-order valence-corrected chi connectivity index (χ3v) is 3.52. The van der Waals surface area contributed by atoms with Crippen LogP contribution in [-0.4, -0.2) is 0 Å². The third-order valence-electron chi connectivity index (χ3n) is 2.80. The topological polar surface area (TPSA) is 0 Å². The van der Waals surface area contributed by atoms with Gasteiger partial charge in [0.2, 0.25) is 0 Å². The summed E-state index contributed by atoms with van der Waals surface area (Å²) in [5.41, 5.74) is 2.49. The van der Waals surface area contributed by atoms with E-state index in [4.69, 9.17) is 0 Å². The summed E-state index contributed by atoms with van der Waals surface area (Å²) in [5, 5.41) is 0. The van der Waals surface area contributed by atoms with E-state index in [1.807, 2.05) is 24.3 Å². The lowest BCUT2D eigenvalue weighted by Gasteiger charge is -2.08. The molecule has 0 N–H and O–H groups in total. The predicted molar refractivity (Wildman–Crippen MR) is 87.6 cm³/mol. The summed E-state index contributed by atoms with van der Waals surface area (Å²) in [4.78, 5) is 0. The van der Waals surface area contributed by atoms with Gasteiger partial charge in [-0.25, -0.2) is 0 Å². The first-order valence-corrected chi connectivity index (χ1v) is 6.99. The van der Waals surface area contributed by atoms with Crippen molar-refractivity contribution >= 4 is 28.7 Å². The highest BCUT2D eigenvalue weighted by Crippen LogP contribution is 2.20. The largest absolute Gasteiger partial charge is 0.102 e. The lowest BCUT2D eigenvalue weighted by Crippen LogP contribution is -1.90. The second-order valence-corrected chi connectivity index (χ2v) is 5.33. The summed E-state index contributed by atoms with van der Waals surface area (Å²) < 4.78 is 1.26. The van der Waals surface area contributed by atoms with Gasteiger partial charge in [0, 0.05) is 9.49 Å². The molecule has 0 radical (unpaired) electrons. The van der Waals surface area contributed by atoms with Crippen LogP contribution in [0.5, 0.6) is 0 Å². The Balaban J connectivity index is 2.17. The average molecular weight is 346 g/mol. The van der Waals surface area contributed by atoms with Gasteiger partial charge in [-0.05, 0) is 45.9 Å². The summed E-state index contributed by atoms with van der Waals surface area (Å²) in [6.45, 7) is 3.92. The molecule has 0 heterocycles. The number of rotatable bonds is 4. The maximum Gasteiger partial charge on any atom is 0.0199 e. The molecule has 1 atom stereocenters.